The van der Waals surface area contributed by atoms with Crippen LogP contribution in [-0.4, -0.2) is 15.0 Å². The van der Waals surface area contributed by atoms with Crippen molar-refractivity contribution in [1.82, 2.24) is 15.0 Å². The van der Waals surface area contributed by atoms with Crippen LogP contribution in [0.4, 0.5) is 17.6 Å². The van der Waals surface area contributed by atoms with Crippen molar-refractivity contribution in [3.63, 3.8) is 0 Å². The number of benzene rings is 1. The predicted octanol–water partition coefficient (Wildman–Crippen LogP) is 3.79. The van der Waals surface area contributed by atoms with E-state index >= 15 is 0 Å². The van der Waals surface area contributed by atoms with Gasteiger partial charge in [0.15, 0.2) is 0 Å². The lowest BCUT2D eigenvalue weighted by atomic mass is 10.1. The summed E-state index contributed by atoms with van der Waals surface area (Å²) in [5.74, 6) is 3.66. The van der Waals surface area contributed by atoms with Gasteiger partial charge in [-0.1, -0.05) is 25.1 Å². The maximum atomic E-state index is 5.82. The van der Waals surface area contributed by atoms with E-state index in [2.05, 4.69) is 33.3 Å². The first-order valence-electron chi connectivity index (χ1n) is 7.70. The van der Waals surface area contributed by atoms with E-state index in [9.17, 15) is 0 Å². The van der Waals surface area contributed by atoms with Gasteiger partial charge in [-0.25, -0.2) is 0 Å². The fourth-order valence-corrected chi connectivity index (χ4v) is 3.05. The number of aryl methyl sites for hydroxylation is 1. The Kier molecular flexibility index (Phi) is 5.32. The van der Waals surface area contributed by atoms with E-state index in [1.807, 2.05) is 30.3 Å². The highest BCUT2D eigenvalue weighted by atomic mass is 32.2. The van der Waals surface area contributed by atoms with Crippen molar-refractivity contribution in [2.24, 2.45) is 0 Å². The smallest absolute Gasteiger partial charge is 0.232 e. The van der Waals surface area contributed by atoms with Gasteiger partial charge in [0.05, 0.1) is 17.8 Å². The summed E-state index contributed by atoms with van der Waals surface area (Å²) in [6.45, 7) is 2.11. The molecule has 0 fully saturated rings. The molecule has 0 saturated heterocycles. The minimum atomic E-state index is 0.218. The van der Waals surface area contributed by atoms with Crippen LogP contribution in [0.15, 0.2) is 47.1 Å². The van der Waals surface area contributed by atoms with Gasteiger partial charge in [-0.3, -0.25) is 0 Å². The summed E-state index contributed by atoms with van der Waals surface area (Å²) in [6.07, 6.45) is 2.60. The Hall–Kier alpha value is -2.54. The van der Waals surface area contributed by atoms with Gasteiger partial charge in [-0.05, 0) is 30.2 Å². The second-order valence-electron chi connectivity index (χ2n) is 5.14. The molecule has 24 heavy (non-hydrogen) atoms. The third-order valence-electron chi connectivity index (χ3n) is 3.40. The standard InChI is InChI=1S/C17H19N5OS/c1-2-12-6-3-4-8-14(12)19-17-21-15(20-16(18)22-17)11-24-10-13-7-5-9-23-13/h3-9H,2,10-11H2,1H3,(H3,18,19,20,21,22). The topological polar surface area (TPSA) is 89.9 Å². The van der Waals surface area contributed by atoms with Gasteiger partial charge in [-0.2, -0.15) is 15.0 Å². The molecule has 0 saturated carbocycles. The number of nitrogens with one attached hydrogen (secondary N) is 1. The molecule has 0 aliphatic carbocycles. The normalized spacial score (nSPS) is 10.7. The summed E-state index contributed by atoms with van der Waals surface area (Å²) in [6, 6.07) is 11.9. The monoisotopic (exact) mass is 341 g/mol. The van der Waals surface area contributed by atoms with Crippen LogP contribution in [0.1, 0.15) is 24.1 Å². The van der Waals surface area contributed by atoms with Crippen LogP contribution in [0.25, 0.3) is 0 Å². The zero-order chi connectivity index (χ0) is 16.8. The van der Waals surface area contributed by atoms with Crippen molar-refractivity contribution in [2.45, 2.75) is 24.9 Å². The number of hydrogen-bond acceptors (Lipinski definition) is 7. The molecule has 0 radical (unpaired) electrons. The Morgan fingerprint density at radius 3 is 2.75 bits per heavy atom. The van der Waals surface area contributed by atoms with E-state index in [-0.39, 0.29) is 5.95 Å². The minimum Gasteiger partial charge on any atom is -0.468 e. The maximum absolute atomic E-state index is 5.82. The fraction of sp³-hybridized carbons (Fsp3) is 0.235. The third kappa shape index (κ3) is 4.26. The van der Waals surface area contributed by atoms with E-state index in [1.165, 1.54) is 5.56 Å². The molecule has 3 aromatic rings. The molecule has 3 rings (SSSR count). The number of thioether (sulfide) groups is 1. The third-order valence-corrected chi connectivity index (χ3v) is 4.35. The fourth-order valence-electron chi connectivity index (χ4n) is 2.27. The van der Waals surface area contributed by atoms with Gasteiger partial charge in [-0.15, -0.1) is 11.8 Å². The van der Waals surface area contributed by atoms with Crippen molar-refractivity contribution < 1.29 is 4.42 Å². The number of furan rings is 1. The van der Waals surface area contributed by atoms with Crippen molar-refractivity contribution in [3.8, 4) is 0 Å². The Morgan fingerprint density at radius 1 is 1.08 bits per heavy atom. The Labute approximate surface area is 144 Å². The van der Waals surface area contributed by atoms with Crippen molar-refractivity contribution in [2.75, 3.05) is 11.1 Å². The summed E-state index contributed by atoms with van der Waals surface area (Å²) in [7, 11) is 0. The second-order valence-corrected chi connectivity index (χ2v) is 6.13. The van der Waals surface area contributed by atoms with E-state index in [4.69, 9.17) is 10.2 Å². The Morgan fingerprint density at radius 2 is 1.96 bits per heavy atom. The molecule has 3 N–H and O–H groups in total. The second kappa shape index (κ2) is 7.83. The van der Waals surface area contributed by atoms with Crippen LogP contribution in [0, 0.1) is 0 Å². The van der Waals surface area contributed by atoms with Gasteiger partial charge >= 0.3 is 0 Å². The van der Waals surface area contributed by atoms with Crippen molar-refractivity contribution in [3.05, 3.63) is 59.8 Å². The van der Waals surface area contributed by atoms with Gasteiger partial charge < -0.3 is 15.5 Å². The summed E-state index contributed by atoms with van der Waals surface area (Å²) in [5.41, 5.74) is 8.01. The molecule has 124 valence electrons. The van der Waals surface area contributed by atoms with Crippen LogP contribution >= 0.6 is 11.8 Å². The van der Waals surface area contributed by atoms with E-state index < -0.39 is 0 Å². The first kappa shape index (κ1) is 16.3. The van der Waals surface area contributed by atoms with Crippen molar-refractivity contribution in [1.29, 1.82) is 0 Å². The molecule has 0 aliphatic heterocycles. The summed E-state index contributed by atoms with van der Waals surface area (Å²) >= 11 is 1.67. The molecule has 0 unspecified atom stereocenters. The minimum absolute atomic E-state index is 0.218. The summed E-state index contributed by atoms with van der Waals surface area (Å²) in [4.78, 5) is 12.8. The van der Waals surface area contributed by atoms with Crippen LogP contribution < -0.4 is 11.1 Å². The number of aromatic nitrogens is 3. The zero-order valence-corrected chi connectivity index (χ0v) is 14.2. The number of anilines is 3. The Balaban J connectivity index is 1.69. The van der Waals surface area contributed by atoms with Gasteiger partial charge in [0.2, 0.25) is 11.9 Å². The molecule has 7 heteroatoms. The zero-order valence-electron chi connectivity index (χ0n) is 13.4. The highest BCUT2D eigenvalue weighted by Crippen LogP contribution is 2.21. The molecule has 1 aromatic carbocycles. The van der Waals surface area contributed by atoms with Crippen LogP contribution in [0.2, 0.25) is 0 Å². The molecule has 0 amide bonds. The molecule has 2 heterocycles. The number of nitrogens with zero attached hydrogens (tertiary/aromatic N) is 3. The SMILES string of the molecule is CCc1ccccc1Nc1nc(N)nc(CSCc2ccco2)n1. The molecule has 2 aromatic heterocycles. The average Bonchev–Trinajstić information content (AvgIpc) is 3.08. The van der Waals surface area contributed by atoms with E-state index in [0.717, 1.165) is 23.6 Å². The van der Waals surface area contributed by atoms with Gasteiger partial charge in [0.25, 0.3) is 0 Å². The molecular formula is C17H19N5OS. The summed E-state index contributed by atoms with van der Waals surface area (Å²) < 4.78 is 5.31. The van der Waals surface area contributed by atoms with Crippen LogP contribution in [0.5, 0.6) is 0 Å². The van der Waals surface area contributed by atoms with Crippen LogP contribution in [-0.2, 0) is 17.9 Å². The van der Waals surface area contributed by atoms with E-state index in [0.29, 0.717) is 17.5 Å². The first-order valence-corrected chi connectivity index (χ1v) is 8.85. The van der Waals surface area contributed by atoms with Gasteiger partial charge in [0.1, 0.15) is 11.6 Å². The number of hydrogen-bond donors (Lipinski definition) is 2. The predicted molar refractivity (Wildman–Crippen MR) is 97.0 cm³/mol. The number of rotatable bonds is 7. The summed E-state index contributed by atoms with van der Waals surface area (Å²) in [5, 5.41) is 3.24. The van der Waals surface area contributed by atoms with Gasteiger partial charge in [0, 0.05) is 5.69 Å². The molecule has 0 aliphatic rings. The average molecular weight is 341 g/mol. The van der Waals surface area contributed by atoms with Crippen LogP contribution in [0.3, 0.4) is 0 Å². The van der Waals surface area contributed by atoms with Crippen molar-refractivity contribution >= 4 is 29.3 Å². The number of para-hydroxylation sites is 1. The molecular weight excluding hydrogens is 322 g/mol. The quantitative estimate of drug-likeness (QED) is 0.675. The lowest BCUT2D eigenvalue weighted by Crippen LogP contribution is -2.07. The largest absolute Gasteiger partial charge is 0.468 e. The molecule has 0 atom stereocenters. The highest BCUT2D eigenvalue weighted by molar-refractivity contribution is 7.97. The molecule has 0 spiro atoms. The van der Waals surface area contributed by atoms with E-state index in [1.54, 1.807) is 18.0 Å². The maximum Gasteiger partial charge on any atom is 0.232 e. The molecule has 6 nitrogen and oxygen atoms in total. The molecule has 0 bridgehead atoms. The number of nitrogen functional groups attached to an aromatic ring is 1. The lowest BCUT2D eigenvalue weighted by molar-refractivity contribution is 0.530. The first-order chi connectivity index (χ1) is 11.7. The number of nitrogens with two attached hydrogens (primary N) is 1. The highest BCUT2D eigenvalue weighted by Gasteiger charge is 2.07. The lowest BCUT2D eigenvalue weighted by Gasteiger charge is -2.10. The Bertz CT molecular complexity index is 791.